The van der Waals surface area contributed by atoms with Crippen LogP contribution in [0.4, 0.5) is 0 Å². The Bertz CT molecular complexity index is 444. The van der Waals surface area contributed by atoms with Crippen molar-refractivity contribution < 1.29 is 4.79 Å². The van der Waals surface area contributed by atoms with Gasteiger partial charge in [0.15, 0.2) is 5.78 Å². The highest BCUT2D eigenvalue weighted by Crippen LogP contribution is 2.29. The van der Waals surface area contributed by atoms with Gasteiger partial charge in [-0.3, -0.25) is 9.48 Å². The van der Waals surface area contributed by atoms with E-state index in [0.29, 0.717) is 0 Å². The largest absolute Gasteiger partial charge is 0.308 e. The Kier molecular flexibility index (Phi) is 5.80. The summed E-state index contributed by atoms with van der Waals surface area (Å²) in [6.07, 6.45) is 1.73. The fourth-order valence-corrected chi connectivity index (χ4v) is 4.96. The molecule has 1 atom stereocenters. The summed E-state index contributed by atoms with van der Waals surface area (Å²) in [5.74, 6) is 3.33. The summed E-state index contributed by atoms with van der Waals surface area (Å²) >= 11 is 7.09. The van der Waals surface area contributed by atoms with E-state index in [0.717, 1.165) is 40.5 Å². The van der Waals surface area contributed by atoms with Crippen molar-refractivity contribution in [1.29, 1.82) is 0 Å². The zero-order valence-electron chi connectivity index (χ0n) is 11.1. The van der Waals surface area contributed by atoms with Crippen LogP contribution in [-0.2, 0) is 6.54 Å². The van der Waals surface area contributed by atoms with Crippen LogP contribution in [0.25, 0.3) is 0 Å². The van der Waals surface area contributed by atoms with Gasteiger partial charge in [0, 0.05) is 23.8 Å². The highest BCUT2D eigenvalue weighted by molar-refractivity contribution is 9.10. The lowest BCUT2D eigenvalue weighted by molar-refractivity contribution is 0.0983. The van der Waals surface area contributed by atoms with E-state index in [2.05, 4.69) is 25.9 Å². The maximum atomic E-state index is 12.6. The number of likely N-dealkylation sites (N-methyl/N-ethyl adjacent to an activating group) is 1. The number of ketones is 1. The standard InChI is InChI=1S/C12H18BrN3OS2/c1-15(2)3-4-16-11(9(13)7-14-16)12(17)10-8-18-5-6-19-10/h7,10H,3-6,8H2,1-2H3. The van der Waals surface area contributed by atoms with Crippen molar-refractivity contribution in [3.05, 3.63) is 16.4 Å². The minimum atomic E-state index is 0.0739. The summed E-state index contributed by atoms with van der Waals surface area (Å²) in [6, 6.07) is 0. The zero-order chi connectivity index (χ0) is 13.8. The quantitative estimate of drug-likeness (QED) is 0.750. The van der Waals surface area contributed by atoms with Crippen molar-refractivity contribution in [2.45, 2.75) is 11.8 Å². The van der Waals surface area contributed by atoms with Crippen molar-refractivity contribution in [2.75, 3.05) is 37.9 Å². The number of carbonyl (C=O) groups is 1. The van der Waals surface area contributed by atoms with Gasteiger partial charge in [-0.05, 0) is 30.0 Å². The Labute approximate surface area is 130 Å². The molecule has 2 rings (SSSR count). The molecule has 2 heterocycles. The number of nitrogens with zero attached hydrogens (tertiary/aromatic N) is 3. The van der Waals surface area contributed by atoms with E-state index in [-0.39, 0.29) is 11.0 Å². The number of halogens is 1. The third-order valence-corrected chi connectivity index (χ3v) is 6.23. The molecule has 7 heteroatoms. The average molecular weight is 364 g/mol. The lowest BCUT2D eigenvalue weighted by Crippen LogP contribution is -2.28. The van der Waals surface area contributed by atoms with E-state index in [1.54, 1.807) is 18.0 Å². The molecule has 19 heavy (non-hydrogen) atoms. The number of thioether (sulfide) groups is 2. The maximum Gasteiger partial charge on any atom is 0.195 e. The summed E-state index contributed by atoms with van der Waals surface area (Å²) in [7, 11) is 4.04. The highest BCUT2D eigenvalue weighted by Gasteiger charge is 2.28. The van der Waals surface area contributed by atoms with E-state index in [1.165, 1.54) is 0 Å². The fraction of sp³-hybridized carbons (Fsp3) is 0.667. The monoisotopic (exact) mass is 363 g/mol. The summed E-state index contributed by atoms with van der Waals surface area (Å²) in [6.45, 7) is 1.62. The van der Waals surface area contributed by atoms with E-state index >= 15 is 0 Å². The van der Waals surface area contributed by atoms with Crippen LogP contribution in [0.15, 0.2) is 10.7 Å². The predicted octanol–water partition coefficient (Wildman–Crippen LogP) is 2.24. The van der Waals surface area contributed by atoms with Crippen molar-refractivity contribution in [3.63, 3.8) is 0 Å². The lowest BCUT2D eigenvalue weighted by Gasteiger charge is -2.20. The SMILES string of the molecule is CN(C)CCn1ncc(Br)c1C(=O)C1CSCCS1. The van der Waals surface area contributed by atoms with Crippen molar-refractivity contribution in [3.8, 4) is 0 Å². The molecule has 4 nitrogen and oxygen atoms in total. The number of hydrogen-bond donors (Lipinski definition) is 0. The molecule has 0 amide bonds. The molecular formula is C12H18BrN3OS2. The molecule has 0 radical (unpaired) electrons. The number of aromatic nitrogens is 2. The number of rotatable bonds is 5. The van der Waals surface area contributed by atoms with Gasteiger partial charge in [0.1, 0.15) is 5.69 Å². The molecule has 0 aliphatic carbocycles. The van der Waals surface area contributed by atoms with Crippen LogP contribution in [0.5, 0.6) is 0 Å². The van der Waals surface area contributed by atoms with Crippen LogP contribution in [0.2, 0.25) is 0 Å². The molecule has 1 saturated heterocycles. The van der Waals surface area contributed by atoms with Gasteiger partial charge in [0.25, 0.3) is 0 Å². The fourth-order valence-electron chi connectivity index (χ4n) is 1.86. The first kappa shape index (κ1) is 15.4. The van der Waals surface area contributed by atoms with Gasteiger partial charge < -0.3 is 4.90 Å². The Morgan fingerprint density at radius 3 is 3.00 bits per heavy atom. The van der Waals surface area contributed by atoms with Gasteiger partial charge in [0.2, 0.25) is 0 Å². The molecule has 0 spiro atoms. The van der Waals surface area contributed by atoms with Crippen LogP contribution in [0.1, 0.15) is 10.5 Å². The van der Waals surface area contributed by atoms with E-state index in [4.69, 9.17) is 0 Å². The molecule has 0 N–H and O–H groups in total. The van der Waals surface area contributed by atoms with Crippen molar-refractivity contribution in [1.82, 2.24) is 14.7 Å². The van der Waals surface area contributed by atoms with Gasteiger partial charge in [-0.25, -0.2) is 0 Å². The normalized spacial score (nSPS) is 19.9. The van der Waals surface area contributed by atoms with Gasteiger partial charge in [-0.2, -0.15) is 16.9 Å². The van der Waals surface area contributed by atoms with Crippen LogP contribution >= 0.6 is 39.5 Å². The van der Waals surface area contributed by atoms with Crippen LogP contribution in [-0.4, -0.2) is 63.6 Å². The molecule has 1 aromatic rings. The van der Waals surface area contributed by atoms with Crippen molar-refractivity contribution >= 4 is 45.2 Å². The summed E-state index contributed by atoms with van der Waals surface area (Å²) in [5, 5.41) is 4.38. The first-order chi connectivity index (χ1) is 9.09. The van der Waals surface area contributed by atoms with Gasteiger partial charge in [-0.1, -0.05) is 0 Å². The van der Waals surface area contributed by atoms with Crippen LogP contribution in [0.3, 0.4) is 0 Å². The lowest BCUT2D eigenvalue weighted by atomic mass is 10.2. The smallest absolute Gasteiger partial charge is 0.195 e. The van der Waals surface area contributed by atoms with Crippen molar-refractivity contribution in [2.24, 2.45) is 0 Å². The summed E-state index contributed by atoms with van der Waals surface area (Å²) in [4.78, 5) is 14.7. The van der Waals surface area contributed by atoms with Gasteiger partial charge in [-0.15, -0.1) is 11.8 Å². The Balaban J connectivity index is 2.13. The number of Topliss-reactive ketones (excluding diaryl/α,β-unsaturated/α-hetero) is 1. The van der Waals surface area contributed by atoms with E-state index in [9.17, 15) is 4.79 Å². The molecule has 0 saturated carbocycles. The zero-order valence-corrected chi connectivity index (χ0v) is 14.4. The second-order valence-corrected chi connectivity index (χ2v) is 7.98. The summed E-state index contributed by atoms with van der Waals surface area (Å²) < 4.78 is 2.64. The number of carbonyl (C=O) groups excluding carboxylic acids is 1. The molecule has 1 fully saturated rings. The highest BCUT2D eigenvalue weighted by atomic mass is 79.9. The number of hydrogen-bond acceptors (Lipinski definition) is 5. The second kappa shape index (κ2) is 7.15. The topological polar surface area (TPSA) is 38.1 Å². The molecule has 1 unspecified atom stereocenters. The van der Waals surface area contributed by atoms with Crippen LogP contribution in [0, 0.1) is 0 Å². The van der Waals surface area contributed by atoms with Crippen LogP contribution < -0.4 is 0 Å². The second-order valence-electron chi connectivity index (χ2n) is 4.67. The molecule has 1 aromatic heterocycles. The van der Waals surface area contributed by atoms with Gasteiger partial charge >= 0.3 is 0 Å². The summed E-state index contributed by atoms with van der Waals surface area (Å²) in [5.41, 5.74) is 0.724. The minimum absolute atomic E-state index is 0.0739. The van der Waals surface area contributed by atoms with E-state index < -0.39 is 0 Å². The first-order valence-electron chi connectivity index (χ1n) is 6.19. The molecule has 0 aromatic carbocycles. The third-order valence-electron chi connectivity index (χ3n) is 2.90. The van der Waals surface area contributed by atoms with Gasteiger partial charge in [0.05, 0.1) is 22.5 Å². The maximum absolute atomic E-state index is 12.6. The molecule has 1 aliphatic rings. The molecule has 0 bridgehead atoms. The molecular weight excluding hydrogens is 346 g/mol. The Hall–Kier alpha value is 0.0200. The predicted molar refractivity (Wildman–Crippen MR) is 86.4 cm³/mol. The average Bonchev–Trinajstić information content (AvgIpc) is 2.78. The minimum Gasteiger partial charge on any atom is -0.308 e. The first-order valence-corrected chi connectivity index (χ1v) is 9.19. The molecule has 106 valence electrons. The molecule has 1 aliphatic heterocycles. The third kappa shape index (κ3) is 4.00. The Morgan fingerprint density at radius 2 is 2.37 bits per heavy atom. The van der Waals surface area contributed by atoms with E-state index in [1.807, 2.05) is 30.5 Å². The Morgan fingerprint density at radius 1 is 1.58 bits per heavy atom.